The van der Waals surface area contributed by atoms with Gasteiger partial charge in [0.05, 0.1) is 6.10 Å². The lowest BCUT2D eigenvalue weighted by molar-refractivity contribution is -0.144. The molecular formula is C14H18ClNO3. The van der Waals surface area contributed by atoms with E-state index in [1.54, 1.807) is 31.2 Å². The Morgan fingerprint density at radius 2 is 1.95 bits per heavy atom. The number of halogens is 1. The molecule has 5 heteroatoms. The van der Waals surface area contributed by atoms with E-state index in [9.17, 15) is 4.79 Å². The molecule has 1 amide bonds. The number of ether oxygens (including phenoxy) is 1. The quantitative estimate of drug-likeness (QED) is 0.845. The summed E-state index contributed by atoms with van der Waals surface area (Å²) in [5.41, 5.74) is 2.47. The molecule has 19 heavy (non-hydrogen) atoms. The number of rotatable bonds is 5. The number of carbonyl (C=O) groups is 1. The number of benzene rings is 1. The summed E-state index contributed by atoms with van der Waals surface area (Å²) < 4.78 is 5.50. The molecule has 1 aromatic rings. The fraction of sp³-hybridized carbons (Fsp3) is 0.500. The molecule has 0 aromatic heterocycles. The lowest BCUT2D eigenvalue weighted by atomic mass is 10.3. The predicted molar refractivity (Wildman–Crippen MR) is 73.0 cm³/mol. The van der Waals surface area contributed by atoms with E-state index in [-0.39, 0.29) is 12.0 Å². The Kier molecular flexibility index (Phi) is 5.05. The normalized spacial score (nSPS) is 17.2. The highest BCUT2D eigenvalue weighted by molar-refractivity contribution is 6.30. The Bertz CT molecular complexity index is 415. The molecule has 1 aromatic carbocycles. The van der Waals surface area contributed by atoms with Crippen LogP contribution >= 0.6 is 11.6 Å². The standard InChI is InChI=1S/C14H18ClNO3/c1-10(18-12-8-6-11(15)7-9-12)14(17)16-19-13-4-2-3-5-13/h6-10,13H,2-5H2,1H3,(H,16,17). The van der Waals surface area contributed by atoms with Crippen LogP contribution in [0.5, 0.6) is 5.75 Å². The van der Waals surface area contributed by atoms with E-state index in [0.717, 1.165) is 25.7 Å². The third kappa shape index (κ3) is 4.40. The van der Waals surface area contributed by atoms with E-state index in [1.165, 1.54) is 0 Å². The molecule has 1 aliphatic rings. The Labute approximate surface area is 118 Å². The molecule has 0 spiro atoms. The van der Waals surface area contributed by atoms with Crippen LogP contribution in [0.3, 0.4) is 0 Å². The van der Waals surface area contributed by atoms with E-state index in [2.05, 4.69) is 5.48 Å². The first-order valence-electron chi connectivity index (χ1n) is 6.53. The van der Waals surface area contributed by atoms with Crippen molar-refractivity contribution in [2.24, 2.45) is 0 Å². The molecule has 2 rings (SSSR count). The molecule has 4 nitrogen and oxygen atoms in total. The molecule has 1 fully saturated rings. The van der Waals surface area contributed by atoms with Crippen LogP contribution in [0.15, 0.2) is 24.3 Å². The number of carbonyl (C=O) groups excluding carboxylic acids is 1. The van der Waals surface area contributed by atoms with Crippen LogP contribution in [-0.2, 0) is 9.63 Å². The van der Waals surface area contributed by atoms with Crippen molar-refractivity contribution in [1.29, 1.82) is 0 Å². The van der Waals surface area contributed by atoms with Gasteiger partial charge in [-0.25, -0.2) is 5.48 Å². The molecule has 0 heterocycles. The molecule has 0 saturated heterocycles. The second-order valence-corrected chi connectivity index (χ2v) is 5.14. The minimum atomic E-state index is -0.609. The summed E-state index contributed by atoms with van der Waals surface area (Å²) in [6.07, 6.45) is 3.88. The fourth-order valence-corrected chi connectivity index (χ4v) is 2.13. The highest BCUT2D eigenvalue weighted by Gasteiger charge is 2.20. The molecule has 0 aliphatic heterocycles. The van der Waals surface area contributed by atoms with Gasteiger partial charge >= 0.3 is 0 Å². The summed E-state index contributed by atoms with van der Waals surface area (Å²) >= 11 is 5.78. The first kappa shape index (κ1) is 14.2. The van der Waals surface area contributed by atoms with Gasteiger partial charge < -0.3 is 4.74 Å². The van der Waals surface area contributed by atoms with Gasteiger partial charge in [0.25, 0.3) is 5.91 Å². The smallest absolute Gasteiger partial charge is 0.284 e. The average Bonchev–Trinajstić information content (AvgIpc) is 2.91. The van der Waals surface area contributed by atoms with Gasteiger partial charge in [0.15, 0.2) is 6.10 Å². The van der Waals surface area contributed by atoms with Crippen LogP contribution in [0.1, 0.15) is 32.6 Å². The first-order valence-corrected chi connectivity index (χ1v) is 6.90. The van der Waals surface area contributed by atoms with Gasteiger partial charge in [-0.05, 0) is 44.0 Å². The van der Waals surface area contributed by atoms with E-state index >= 15 is 0 Å². The van der Waals surface area contributed by atoms with Crippen LogP contribution in [0.4, 0.5) is 0 Å². The molecular weight excluding hydrogens is 266 g/mol. The van der Waals surface area contributed by atoms with Gasteiger partial charge in [0.1, 0.15) is 5.75 Å². The molecule has 1 saturated carbocycles. The molecule has 1 unspecified atom stereocenters. The third-order valence-electron chi connectivity index (χ3n) is 3.12. The summed E-state index contributed by atoms with van der Waals surface area (Å²) in [6.45, 7) is 1.68. The maximum absolute atomic E-state index is 11.8. The third-order valence-corrected chi connectivity index (χ3v) is 3.38. The van der Waals surface area contributed by atoms with Crippen LogP contribution < -0.4 is 10.2 Å². The molecule has 104 valence electrons. The largest absolute Gasteiger partial charge is 0.481 e. The SMILES string of the molecule is CC(Oc1ccc(Cl)cc1)C(=O)NOC1CCCC1. The van der Waals surface area contributed by atoms with E-state index in [1.807, 2.05) is 0 Å². The number of hydrogen-bond donors (Lipinski definition) is 1. The zero-order valence-electron chi connectivity index (χ0n) is 10.9. The molecule has 0 radical (unpaired) electrons. The van der Waals surface area contributed by atoms with Crippen LogP contribution in [0, 0.1) is 0 Å². The molecule has 0 bridgehead atoms. The lowest BCUT2D eigenvalue weighted by Crippen LogP contribution is -2.38. The number of amides is 1. The van der Waals surface area contributed by atoms with Gasteiger partial charge in [-0.3, -0.25) is 9.63 Å². The number of hydrogen-bond acceptors (Lipinski definition) is 3. The minimum absolute atomic E-state index is 0.145. The molecule has 1 aliphatic carbocycles. The Balaban J connectivity index is 1.76. The number of nitrogens with one attached hydrogen (secondary N) is 1. The molecule has 1 N–H and O–H groups in total. The van der Waals surface area contributed by atoms with Gasteiger partial charge in [0, 0.05) is 5.02 Å². The van der Waals surface area contributed by atoms with Gasteiger partial charge in [0.2, 0.25) is 0 Å². The first-order chi connectivity index (χ1) is 9.15. The predicted octanol–water partition coefficient (Wildman–Crippen LogP) is 3.10. The van der Waals surface area contributed by atoms with Gasteiger partial charge in [-0.15, -0.1) is 0 Å². The van der Waals surface area contributed by atoms with E-state index < -0.39 is 6.10 Å². The van der Waals surface area contributed by atoms with Crippen molar-refractivity contribution in [1.82, 2.24) is 5.48 Å². The summed E-state index contributed by atoms with van der Waals surface area (Å²) in [6, 6.07) is 6.89. The van der Waals surface area contributed by atoms with Crippen molar-refractivity contribution in [3.05, 3.63) is 29.3 Å². The monoisotopic (exact) mass is 283 g/mol. The topological polar surface area (TPSA) is 47.6 Å². The van der Waals surface area contributed by atoms with Crippen LogP contribution in [0.25, 0.3) is 0 Å². The van der Waals surface area contributed by atoms with Crippen molar-refractivity contribution in [2.75, 3.05) is 0 Å². The highest BCUT2D eigenvalue weighted by atomic mass is 35.5. The van der Waals surface area contributed by atoms with E-state index in [4.69, 9.17) is 21.2 Å². The second-order valence-electron chi connectivity index (χ2n) is 4.70. The van der Waals surface area contributed by atoms with E-state index in [0.29, 0.717) is 10.8 Å². The van der Waals surface area contributed by atoms with Crippen LogP contribution in [-0.4, -0.2) is 18.1 Å². The summed E-state index contributed by atoms with van der Waals surface area (Å²) in [5, 5.41) is 0.633. The van der Waals surface area contributed by atoms with Crippen molar-refractivity contribution in [3.63, 3.8) is 0 Å². The maximum atomic E-state index is 11.8. The van der Waals surface area contributed by atoms with Gasteiger partial charge in [-0.1, -0.05) is 24.4 Å². The Hall–Kier alpha value is -1.26. The minimum Gasteiger partial charge on any atom is -0.481 e. The van der Waals surface area contributed by atoms with Gasteiger partial charge in [-0.2, -0.15) is 0 Å². The van der Waals surface area contributed by atoms with Crippen molar-refractivity contribution >= 4 is 17.5 Å². The van der Waals surface area contributed by atoms with Crippen molar-refractivity contribution in [2.45, 2.75) is 44.8 Å². The average molecular weight is 284 g/mol. The summed E-state index contributed by atoms with van der Waals surface area (Å²) in [4.78, 5) is 17.1. The summed E-state index contributed by atoms with van der Waals surface area (Å²) in [7, 11) is 0. The van der Waals surface area contributed by atoms with Crippen molar-refractivity contribution in [3.8, 4) is 5.75 Å². The molecule has 1 atom stereocenters. The fourth-order valence-electron chi connectivity index (χ4n) is 2.00. The Morgan fingerprint density at radius 3 is 2.58 bits per heavy atom. The summed E-state index contributed by atoms with van der Waals surface area (Å²) in [5.74, 6) is 0.328. The van der Waals surface area contributed by atoms with Crippen LogP contribution in [0.2, 0.25) is 5.02 Å². The lowest BCUT2D eigenvalue weighted by Gasteiger charge is -2.16. The second kappa shape index (κ2) is 6.78. The van der Waals surface area contributed by atoms with Crippen molar-refractivity contribution < 1.29 is 14.4 Å². The number of hydroxylamine groups is 1. The zero-order valence-corrected chi connectivity index (χ0v) is 11.7. The Morgan fingerprint density at radius 1 is 1.32 bits per heavy atom. The maximum Gasteiger partial charge on any atom is 0.284 e. The highest BCUT2D eigenvalue weighted by Crippen LogP contribution is 2.20. The zero-order chi connectivity index (χ0) is 13.7.